The Morgan fingerprint density at radius 1 is 1.08 bits per heavy atom. The second-order valence-electron chi connectivity index (χ2n) is 11.3. The maximum atomic E-state index is 13.7. The van der Waals surface area contributed by atoms with Crippen molar-refractivity contribution in [3.05, 3.63) is 71.3 Å². The highest BCUT2D eigenvalue weighted by Crippen LogP contribution is 2.52. The smallest absolute Gasteiger partial charge is 0.435 e. The first-order chi connectivity index (χ1) is 18.6. The predicted octanol–water partition coefficient (Wildman–Crippen LogP) is 4.41. The zero-order valence-corrected chi connectivity index (χ0v) is 23.3. The van der Waals surface area contributed by atoms with Crippen LogP contribution in [0.25, 0.3) is 0 Å². The van der Waals surface area contributed by atoms with Crippen molar-refractivity contribution in [2.24, 2.45) is 5.73 Å². The average Bonchev–Trinajstić information content (AvgIpc) is 3.20. The molecule has 8 nitrogen and oxygen atoms in total. The zero-order valence-electron chi connectivity index (χ0n) is 23.3. The normalized spacial score (nSPS) is 18.8. The van der Waals surface area contributed by atoms with Gasteiger partial charge in [0, 0.05) is 18.5 Å². The number of fused-ring (bicyclic) bond motifs is 2. The first kappa shape index (κ1) is 28.6. The fraction of sp³-hybridized carbons (Fsp3) is 0.516. The summed E-state index contributed by atoms with van der Waals surface area (Å²) < 4.78 is 10.7. The van der Waals surface area contributed by atoms with Gasteiger partial charge in [-0.1, -0.05) is 54.6 Å². The largest absolute Gasteiger partial charge is 0.508 e. The van der Waals surface area contributed by atoms with Gasteiger partial charge in [0.1, 0.15) is 12.1 Å². The third kappa shape index (κ3) is 6.79. The van der Waals surface area contributed by atoms with Crippen LogP contribution in [0, 0.1) is 0 Å². The fourth-order valence-electron chi connectivity index (χ4n) is 5.81. The lowest BCUT2D eigenvalue weighted by molar-refractivity contribution is -0.139. The maximum Gasteiger partial charge on any atom is 0.508 e. The summed E-state index contributed by atoms with van der Waals surface area (Å²) in [5.41, 5.74) is 8.19. The molecule has 1 unspecified atom stereocenters. The molecule has 2 aromatic carbocycles. The Labute approximate surface area is 231 Å². The van der Waals surface area contributed by atoms with Crippen molar-refractivity contribution < 1.29 is 23.9 Å². The number of hydrogen-bond acceptors (Lipinski definition) is 6. The van der Waals surface area contributed by atoms with Crippen molar-refractivity contribution in [2.75, 3.05) is 19.7 Å². The number of likely N-dealkylation sites (tertiary alicyclic amines) is 1. The van der Waals surface area contributed by atoms with Gasteiger partial charge >= 0.3 is 6.16 Å². The summed E-state index contributed by atoms with van der Waals surface area (Å²) in [7, 11) is 0. The number of amides is 2. The van der Waals surface area contributed by atoms with Gasteiger partial charge in [0.2, 0.25) is 11.8 Å². The van der Waals surface area contributed by atoms with E-state index in [0.717, 1.165) is 31.2 Å². The number of nitrogens with zero attached hydrogens (tertiary/aromatic N) is 1. The van der Waals surface area contributed by atoms with Crippen LogP contribution in [0.3, 0.4) is 0 Å². The quantitative estimate of drug-likeness (QED) is 0.460. The fourth-order valence-corrected chi connectivity index (χ4v) is 5.81. The third-order valence-corrected chi connectivity index (χ3v) is 7.98. The van der Waals surface area contributed by atoms with E-state index in [1.54, 1.807) is 20.8 Å². The number of hydrogen-bond donors (Lipinski definition) is 2. The van der Waals surface area contributed by atoms with Gasteiger partial charge in [-0.2, -0.15) is 0 Å². The number of carbonyl (C=O) groups is 3. The van der Waals surface area contributed by atoms with E-state index in [0.29, 0.717) is 25.9 Å². The summed E-state index contributed by atoms with van der Waals surface area (Å²) in [5, 5.41) is 2.93. The minimum atomic E-state index is -1.08. The molecule has 2 aliphatic rings. The number of nitrogens with one attached hydrogen (secondary N) is 1. The van der Waals surface area contributed by atoms with Crippen molar-refractivity contribution in [2.45, 2.75) is 82.4 Å². The lowest BCUT2D eigenvalue weighted by Crippen LogP contribution is -2.57. The van der Waals surface area contributed by atoms with Crippen LogP contribution >= 0.6 is 0 Å². The molecule has 1 aliphatic heterocycles. The number of benzene rings is 2. The molecular formula is C31H41N3O5. The van der Waals surface area contributed by atoms with E-state index in [2.05, 4.69) is 23.5 Å². The van der Waals surface area contributed by atoms with Gasteiger partial charge < -0.3 is 25.4 Å². The first-order valence-corrected chi connectivity index (χ1v) is 14.0. The Morgan fingerprint density at radius 2 is 1.74 bits per heavy atom. The summed E-state index contributed by atoms with van der Waals surface area (Å²) >= 11 is 0. The lowest BCUT2D eigenvalue weighted by Gasteiger charge is -2.41. The Morgan fingerprint density at radius 3 is 2.41 bits per heavy atom. The molecule has 1 spiro atoms. The Bertz CT molecular complexity index is 1150. The van der Waals surface area contributed by atoms with Gasteiger partial charge in [0.25, 0.3) is 0 Å². The van der Waals surface area contributed by atoms with Crippen LogP contribution in [-0.4, -0.2) is 54.1 Å². The molecule has 0 radical (unpaired) electrons. The predicted molar refractivity (Wildman–Crippen MR) is 149 cm³/mol. The molecule has 0 bridgehead atoms. The highest BCUT2D eigenvalue weighted by molar-refractivity contribution is 5.91. The molecule has 1 fully saturated rings. The van der Waals surface area contributed by atoms with Crippen molar-refractivity contribution in [1.82, 2.24) is 10.2 Å². The SMILES string of the molecule is CCOC(=O)OC1CC2(CCN(C(=O)[C@@H](CCCc3ccccc3)NC(=O)C(C)(C)N)CC2)c2ccccc21. The van der Waals surface area contributed by atoms with Gasteiger partial charge in [-0.05, 0) is 76.0 Å². The molecule has 1 aliphatic carbocycles. The molecule has 0 saturated carbocycles. The van der Waals surface area contributed by atoms with E-state index >= 15 is 0 Å². The van der Waals surface area contributed by atoms with Crippen LogP contribution in [0.1, 0.15) is 75.7 Å². The van der Waals surface area contributed by atoms with Gasteiger partial charge in [0.15, 0.2) is 0 Å². The second kappa shape index (κ2) is 12.2. The zero-order chi connectivity index (χ0) is 28.0. The third-order valence-electron chi connectivity index (χ3n) is 7.98. The number of piperidine rings is 1. The molecule has 1 heterocycles. The second-order valence-corrected chi connectivity index (χ2v) is 11.3. The summed E-state index contributed by atoms with van der Waals surface area (Å²) in [6, 6.07) is 17.6. The number of rotatable bonds is 9. The monoisotopic (exact) mass is 535 g/mol. The van der Waals surface area contributed by atoms with Crippen molar-refractivity contribution in [1.29, 1.82) is 0 Å². The van der Waals surface area contributed by atoms with Crippen LogP contribution in [0.5, 0.6) is 0 Å². The highest BCUT2D eigenvalue weighted by atomic mass is 16.7. The van der Waals surface area contributed by atoms with Crippen LogP contribution in [0.15, 0.2) is 54.6 Å². The standard InChI is InChI=1S/C31H41N3O5/c1-4-38-29(37)39-26-21-31(24-15-9-8-14-23(24)26)17-19-34(20-18-31)27(35)25(33-28(36)30(2,3)32)16-10-13-22-11-6-5-7-12-22/h5-9,11-12,14-15,25-26H,4,10,13,16-21,32H2,1-3H3,(H,33,36)/t25-,26?/m1/s1. The van der Waals surface area contributed by atoms with Gasteiger partial charge in [-0.25, -0.2) is 4.79 Å². The van der Waals surface area contributed by atoms with Crippen molar-refractivity contribution >= 4 is 18.0 Å². The van der Waals surface area contributed by atoms with E-state index in [1.807, 2.05) is 41.3 Å². The molecule has 210 valence electrons. The van der Waals surface area contributed by atoms with Gasteiger partial charge in [0.05, 0.1) is 12.1 Å². The van der Waals surface area contributed by atoms with Crippen LogP contribution in [-0.2, 0) is 30.9 Å². The lowest BCUT2D eigenvalue weighted by atomic mass is 9.73. The van der Waals surface area contributed by atoms with Gasteiger partial charge in [-0.3, -0.25) is 9.59 Å². The van der Waals surface area contributed by atoms with E-state index in [9.17, 15) is 14.4 Å². The van der Waals surface area contributed by atoms with E-state index in [4.69, 9.17) is 15.2 Å². The minimum absolute atomic E-state index is 0.0684. The van der Waals surface area contributed by atoms with Crippen molar-refractivity contribution in [3.8, 4) is 0 Å². The molecule has 4 rings (SSSR count). The molecule has 3 N–H and O–H groups in total. The molecule has 2 atom stereocenters. The van der Waals surface area contributed by atoms with Crippen molar-refractivity contribution in [3.63, 3.8) is 0 Å². The number of carbonyl (C=O) groups excluding carboxylic acids is 3. The van der Waals surface area contributed by atoms with E-state index < -0.39 is 17.7 Å². The first-order valence-electron chi connectivity index (χ1n) is 14.0. The Balaban J connectivity index is 1.43. The molecule has 2 amide bonds. The van der Waals surface area contributed by atoms with Crippen LogP contribution in [0.2, 0.25) is 0 Å². The molecule has 0 aromatic heterocycles. The topological polar surface area (TPSA) is 111 Å². The van der Waals surface area contributed by atoms with E-state index in [1.165, 1.54) is 11.1 Å². The number of ether oxygens (including phenoxy) is 2. The van der Waals surface area contributed by atoms with Crippen LogP contribution < -0.4 is 11.1 Å². The van der Waals surface area contributed by atoms with Crippen LogP contribution in [0.4, 0.5) is 4.79 Å². The molecular weight excluding hydrogens is 494 g/mol. The summed E-state index contributed by atoms with van der Waals surface area (Å²) in [6.45, 7) is 6.44. The summed E-state index contributed by atoms with van der Waals surface area (Å²) in [5.74, 6) is -0.404. The average molecular weight is 536 g/mol. The molecule has 2 aromatic rings. The summed E-state index contributed by atoms with van der Waals surface area (Å²) in [6.07, 6.45) is 3.30. The maximum absolute atomic E-state index is 13.7. The Hall–Kier alpha value is -3.39. The molecule has 8 heteroatoms. The Kier molecular flexibility index (Phi) is 8.95. The highest BCUT2D eigenvalue weighted by Gasteiger charge is 2.48. The van der Waals surface area contributed by atoms with Gasteiger partial charge in [-0.15, -0.1) is 0 Å². The number of nitrogens with two attached hydrogens (primary N) is 1. The minimum Gasteiger partial charge on any atom is -0.435 e. The summed E-state index contributed by atoms with van der Waals surface area (Å²) in [4.78, 5) is 40.4. The molecule has 1 saturated heterocycles. The molecule has 39 heavy (non-hydrogen) atoms. The van der Waals surface area contributed by atoms with E-state index in [-0.39, 0.29) is 29.9 Å². The number of aryl methyl sites for hydroxylation is 1.